The summed E-state index contributed by atoms with van der Waals surface area (Å²) in [7, 11) is 0. The van der Waals surface area contributed by atoms with Crippen molar-refractivity contribution in [1.82, 2.24) is 20.5 Å². The van der Waals surface area contributed by atoms with E-state index in [2.05, 4.69) is 33.5 Å². The van der Waals surface area contributed by atoms with Crippen LogP contribution in [0.15, 0.2) is 24.5 Å². The molecule has 0 saturated carbocycles. The summed E-state index contributed by atoms with van der Waals surface area (Å²) in [5, 5.41) is 11.0. The second-order valence-electron chi connectivity index (χ2n) is 4.50. The van der Waals surface area contributed by atoms with Gasteiger partial charge in [-0.25, -0.2) is 0 Å². The first-order chi connectivity index (χ1) is 8.36. The Kier molecular flexibility index (Phi) is 2.65. The molecule has 0 aromatic carbocycles. The molecule has 3 heterocycles. The van der Waals surface area contributed by atoms with Crippen LogP contribution >= 0.6 is 0 Å². The second-order valence-corrected chi connectivity index (χ2v) is 4.50. The van der Waals surface area contributed by atoms with Crippen LogP contribution in [0.25, 0.3) is 11.1 Å². The minimum atomic E-state index is 0.384. The average Bonchev–Trinajstić information content (AvgIpc) is 2.98. The van der Waals surface area contributed by atoms with Crippen LogP contribution in [0.1, 0.15) is 30.3 Å². The topological polar surface area (TPSA) is 53.6 Å². The third-order valence-electron chi connectivity index (χ3n) is 3.32. The predicted molar refractivity (Wildman–Crippen MR) is 66.5 cm³/mol. The van der Waals surface area contributed by atoms with Crippen LogP contribution in [-0.2, 0) is 0 Å². The van der Waals surface area contributed by atoms with Gasteiger partial charge in [0.15, 0.2) is 0 Å². The van der Waals surface area contributed by atoms with Crippen molar-refractivity contribution in [3.63, 3.8) is 0 Å². The molecule has 1 saturated heterocycles. The van der Waals surface area contributed by atoms with E-state index in [1.54, 1.807) is 6.20 Å². The van der Waals surface area contributed by atoms with Gasteiger partial charge in [0.2, 0.25) is 0 Å². The number of hydrogen-bond acceptors (Lipinski definition) is 3. The Bertz CT molecular complexity index is 497. The number of pyridine rings is 1. The maximum Gasteiger partial charge on any atom is 0.0873 e. The van der Waals surface area contributed by atoms with Gasteiger partial charge in [0.1, 0.15) is 0 Å². The molecule has 4 heteroatoms. The highest BCUT2D eigenvalue weighted by Gasteiger charge is 2.23. The number of nitrogens with one attached hydrogen (secondary N) is 2. The summed E-state index contributed by atoms with van der Waals surface area (Å²) in [6.45, 7) is 3.15. The summed E-state index contributed by atoms with van der Waals surface area (Å²) in [5.74, 6) is 0. The van der Waals surface area contributed by atoms with Crippen LogP contribution in [0.5, 0.6) is 0 Å². The van der Waals surface area contributed by atoms with Gasteiger partial charge >= 0.3 is 0 Å². The number of rotatable bonds is 2. The zero-order valence-corrected chi connectivity index (χ0v) is 9.90. The molecule has 4 nitrogen and oxygen atoms in total. The van der Waals surface area contributed by atoms with Crippen molar-refractivity contribution in [1.29, 1.82) is 0 Å². The molecule has 0 radical (unpaired) electrons. The molecule has 1 atom stereocenters. The summed E-state index contributed by atoms with van der Waals surface area (Å²) in [4.78, 5) is 4.19. The Morgan fingerprint density at radius 2 is 2.35 bits per heavy atom. The minimum Gasteiger partial charge on any atom is -0.309 e. The molecule has 0 aliphatic carbocycles. The lowest BCUT2D eigenvalue weighted by Gasteiger charge is -2.10. The molecule has 2 aromatic rings. The molecule has 0 bridgehead atoms. The Balaban J connectivity index is 2.06. The molecule has 88 valence electrons. The summed E-state index contributed by atoms with van der Waals surface area (Å²) in [6.07, 6.45) is 6.09. The number of aromatic nitrogens is 3. The van der Waals surface area contributed by atoms with Gasteiger partial charge in [-0.3, -0.25) is 10.1 Å². The Morgan fingerprint density at radius 1 is 1.41 bits per heavy atom. The van der Waals surface area contributed by atoms with Crippen LogP contribution in [0.2, 0.25) is 0 Å². The molecule has 2 aromatic heterocycles. The highest BCUT2D eigenvalue weighted by atomic mass is 15.1. The van der Waals surface area contributed by atoms with Gasteiger partial charge < -0.3 is 5.32 Å². The Hall–Kier alpha value is -1.68. The number of aryl methyl sites for hydroxylation is 1. The lowest BCUT2D eigenvalue weighted by Crippen LogP contribution is -2.14. The first kappa shape index (κ1) is 10.5. The largest absolute Gasteiger partial charge is 0.309 e. The normalized spacial score (nSPS) is 19.7. The van der Waals surface area contributed by atoms with E-state index in [1.807, 2.05) is 12.3 Å². The first-order valence-corrected chi connectivity index (χ1v) is 6.05. The van der Waals surface area contributed by atoms with Gasteiger partial charge in [-0.05, 0) is 32.4 Å². The van der Waals surface area contributed by atoms with Crippen molar-refractivity contribution in [3.05, 3.63) is 35.9 Å². The fourth-order valence-electron chi connectivity index (χ4n) is 2.49. The van der Waals surface area contributed by atoms with Gasteiger partial charge in [-0.15, -0.1) is 0 Å². The Morgan fingerprint density at radius 3 is 3.06 bits per heavy atom. The molecular formula is C13H16N4. The summed E-state index contributed by atoms with van der Waals surface area (Å²) < 4.78 is 0. The van der Waals surface area contributed by atoms with Crippen LogP contribution in [0, 0.1) is 6.92 Å². The van der Waals surface area contributed by atoms with Gasteiger partial charge in [0.25, 0.3) is 0 Å². The summed E-state index contributed by atoms with van der Waals surface area (Å²) >= 11 is 0. The third kappa shape index (κ3) is 1.85. The van der Waals surface area contributed by atoms with E-state index < -0.39 is 0 Å². The summed E-state index contributed by atoms with van der Waals surface area (Å²) in [5.41, 5.74) is 4.59. The SMILES string of the molecule is Cc1[nH]nc(C2CCCN2)c1-c1cccnc1. The minimum absolute atomic E-state index is 0.384. The average molecular weight is 228 g/mol. The molecule has 2 N–H and O–H groups in total. The molecule has 1 aliphatic heterocycles. The number of H-pyrrole nitrogens is 1. The highest BCUT2D eigenvalue weighted by Crippen LogP contribution is 2.32. The molecule has 17 heavy (non-hydrogen) atoms. The van der Waals surface area contributed by atoms with Gasteiger partial charge in [-0.1, -0.05) is 6.07 Å². The second kappa shape index (κ2) is 4.30. The van der Waals surface area contributed by atoms with E-state index in [0.29, 0.717) is 6.04 Å². The lowest BCUT2D eigenvalue weighted by molar-refractivity contribution is 0.626. The molecule has 0 spiro atoms. The van der Waals surface area contributed by atoms with E-state index in [-0.39, 0.29) is 0 Å². The fourth-order valence-corrected chi connectivity index (χ4v) is 2.49. The number of hydrogen-bond donors (Lipinski definition) is 2. The molecule has 0 amide bonds. The quantitative estimate of drug-likeness (QED) is 0.828. The van der Waals surface area contributed by atoms with Crippen LogP contribution in [-0.4, -0.2) is 21.7 Å². The monoisotopic (exact) mass is 228 g/mol. The van der Waals surface area contributed by atoms with E-state index in [4.69, 9.17) is 0 Å². The van der Waals surface area contributed by atoms with Gasteiger partial charge in [0, 0.05) is 29.2 Å². The smallest absolute Gasteiger partial charge is 0.0873 e. The zero-order valence-electron chi connectivity index (χ0n) is 9.90. The molecule has 1 aliphatic rings. The standard InChI is InChI=1S/C13H16N4/c1-9-12(10-4-2-6-14-8-10)13(17-16-9)11-5-3-7-15-11/h2,4,6,8,11,15H,3,5,7H2,1H3,(H,16,17). The van der Waals surface area contributed by atoms with Crippen molar-refractivity contribution in [2.75, 3.05) is 6.54 Å². The van der Waals surface area contributed by atoms with Crippen molar-refractivity contribution in [2.24, 2.45) is 0 Å². The predicted octanol–water partition coefficient (Wildman–Crippen LogP) is 2.20. The molecule has 1 fully saturated rings. The lowest BCUT2D eigenvalue weighted by atomic mass is 10.0. The maximum absolute atomic E-state index is 4.46. The number of nitrogens with zero attached hydrogens (tertiary/aromatic N) is 2. The zero-order chi connectivity index (χ0) is 11.7. The summed E-state index contributed by atoms with van der Waals surface area (Å²) in [6, 6.07) is 4.44. The maximum atomic E-state index is 4.46. The third-order valence-corrected chi connectivity index (χ3v) is 3.32. The van der Waals surface area contributed by atoms with Crippen molar-refractivity contribution in [2.45, 2.75) is 25.8 Å². The van der Waals surface area contributed by atoms with Crippen molar-refractivity contribution >= 4 is 0 Å². The highest BCUT2D eigenvalue weighted by molar-refractivity contribution is 5.68. The van der Waals surface area contributed by atoms with Crippen LogP contribution < -0.4 is 5.32 Å². The van der Waals surface area contributed by atoms with E-state index in [9.17, 15) is 0 Å². The Labute approximate surface area is 100 Å². The van der Waals surface area contributed by atoms with Crippen molar-refractivity contribution < 1.29 is 0 Å². The van der Waals surface area contributed by atoms with E-state index in [0.717, 1.165) is 29.9 Å². The van der Waals surface area contributed by atoms with Crippen LogP contribution in [0.3, 0.4) is 0 Å². The van der Waals surface area contributed by atoms with Crippen LogP contribution in [0.4, 0.5) is 0 Å². The van der Waals surface area contributed by atoms with Gasteiger partial charge in [-0.2, -0.15) is 5.10 Å². The van der Waals surface area contributed by atoms with E-state index in [1.165, 1.54) is 12.0 Å². The first-order valence-electron chi connectivity index (χ1n) is 6.05. The molecule has 3 rings (SSSR count). The fraction of sp³-hybridized carbons (Fsp3) is 0.385. The van der Waals surface area contributed by atoms with E-state index >= 15 is 0 Å². The molecule has 1 unspecified atom stereocenters. The van der Waals surface area contributed by atoms with Gasteiger partial charge in [0.05, 0.1) is 11.7 Å². The number of aromatic amines is 1. The molecular weight excluding hydrogens is 212 g/mol. The van der Waals surface area contributed by atoms with Crippen molar-refractivity contribution in [3.8, 4) is 11.1 Å².